The fourth-order valence-electron chi connectivity index (χ4n) is 2.70. The number of nitrogens with one attached hydrogen (secondary N) is 1. The molecule has 4 nitrogen and oxygen atoms in total. The Labute approximate surface area is 122 Å². The molecule has 1 unspecified atom stereocenters. The van der Waals surface area contributed by atoms with Crippen molar-refractivity contribution in [3.8, 4) is 0 Å². The Balaban J connectivity index is 2.24. The molecular weight excluding hydrogens is 250 g/mol. The van der Waals surface area contributed by atoms with Crippen molar-refractivity contribution >= 4 is 5.82 Å². The highest BCUT2D eigenvalue weighted by molar-refractivity contribution is 5.44. The maximum absolute atomic E-state index is 5.52. The molecule has 1 saturated heterocycles. The third-order valence-electron chi connectivity index (χ3n) is 3.90. The van der Waals surface area contributed by atoms with E-state index in [1.165, 1.54) is 17.7 Å². The van der Waals surface area contributed by atoms with Crippen LogP contribution in [0.5, 0.6) is 0 Å². The molecule has 1 aromatic rings. The van der Waals surface area contributed by atoms with Gasteiger partial charge >= 0.3 is 0 Å². The topological polar surface area (TPSA) is 37.4 Å². The number of hydrogen-bond acceptors (Lipinski definition) is 4. The highest BCUT2D eigenvalue weighted by atomic mass is 16.5. The van der Waals surface area contributed by atoms with Crippen molar-refractivity contribution in [3.63, 3.8) is 0 Å². The lowest BCUT2D eigenvalue weighted by Gasteiger charge is -2.33. The Hall–Kier alpha value is -1.13. The summed E-state index contributed by atoms with van der Waals surface area (Å²) >= 11 is 0. The summed E-state index contributed by atoms with van der Waals surface area (Å²) in [6.07, 6.45) is 2.66. The number of piperidine rings is 1. The van der Waals surface area contributed by atoms with Gasteiger partial charge in [-0.05, 0) is 43.5 Å². The van der Waals surface area contributed by atoms with Gasteiger partial charge in [-0.25, -0.2) is 4.98 Å². The normalized spacial score (nSPS) is 19.6. The summed E-state index contributed by atoms with van der Waals surface area (Å²) in [5.41, 5.74) is 2.48. The first-order valence-electron chi connectivity index (χ1n) is 7.57. The summed E-state index contributed by atoms with van der Waals surface area (Å²) in [4.78, 5) is 7.21. The van der Waals surface area contributed by atoms with Crippen molar-refractivity contribution in [3.05, 3.63) is 23.4 Å². The van der Waals surface area contributed by atoms with Gasteiger partial charge in [-0.3, -0.25) is 0 Å². The molecule has 0 aliphatic carbocycles. The van der Waals surface area contributed by atoms with E-state index in [4.69, 9.17) is 9.72 Å². The number of methoxy groups -OCH3 is 1. The highest BCUT2D eigenvalue weighted by Crippen LogP contribution is 2.23. The number of ether oxygens (including phenoxy) is 1. The predicted molar refractivity (Wildman–Crippen MR) is 83.3 cm³/mol. The van der Waals surface area contributed by atoms with Gasteiger partial charge in [-0.1, -0.05) is 13.8 Å². The average molecular weight is 277 g/mol. The van der Waals surface area contributed by atoms with E-state index in [1.807, 2.05) is 7.05 Å². The Kier molecular flexibility index (Phi) is 5.38. The molecule has 0 aromatic carbocycles. The molecule has 0 radical (unpaired) electrons. The summed E-state index contributed by atoms with van der Waals surface area (Å²) in [7, 11) is 3.79. The Morgan fingerprint density at radius 3 is 2.90 bits per heavy atom. The SMILES string of the molecule is CNCc1cc(C(C)C)nc(N2CCCC(OC)C2)c1. The minimum absolute atomic E-state index is 0.334. The minimum Gasteiger partial charge on any atom is -0.380 e. The molecular formula is C16H27N3O. The quantitative estimate of drug-likeness (QED) is 0.897. The lowest BCUT2D eigenvalue weighted by Crippen LogP contribution is -2.39. The molecule has 0 amide bonds. The monoisotopic (exact) mass is 277 g/mol. The smallest absolute Gasteiger partial charge is 0.129 e. The van der Waals surface area contributed by atoms with Crippen LogP contribution < -0.4 is 10.2 Å². The molecule has 1 N–H and O–H groups in total. The van der Waals surface area contributed by atoms with Gasteiger partial charge in [0.05, 0.1) is 6.10 Å². The van der Waals surface area contributed by atoms with Crippen LogP contribution in [0.3, 0.4) is 0 Å². The number of hydrogen-bond donors (Lipinski definition) is 1. The molecule has 0 bridgehead atoms. The predicted octanol–water partition coefficient (Wildman–Crippen LogP) is 2.54. The number of pyridine rings is 1. The first-order valence-corrected chi connectivity index (χ1v) is 7.57. The third kappa shape index (κ3) is 3.70. The molecule has 0 spiro atoms. The summed E-state index contributed by atoms with van der Waals surface area (Å²) in [6, 6.07) is 4.42. The van der Waals surface area contributed by atoms with E-state index in [0.717, 1.165) is 31.9 Å². The van der Waals surface area contributed by atoms with Gasteiger partial charge < -0.3 is 15.0 Å². The van der Waals surface area contributed by atoms with Crippen molar-refractivity contribution in [1.29, 1.82) is 0 Å². The second kappa shape index (κ2) is 7.04. The first kappa shape index (κ1) is 15.3. The molecule has 2 rings (SSSR count). The van der Waals surface area contributed by atoms with Crippen molar-refractivity contribution in [1.82, 2.24) is 10.3 Å². The van der Waals surface area contributed by atoms with Crippen LogP contribution in [-0.2, 0) is 11.3 Å². The van der Waals surface area contributed by atoms with Crippen LogP contribution in [0.1, 0.15) is 43.9 Å². The van der Waals surface area contributed by atoms with E-state index in [1.54, 1.807) is 7.11 Å². The molecule has 1 aromatic heterocycles. The van der Waals surface area contributed by atoms with Gasteiger partial charge in [0.2, 0.25) is 0 Å². The lowest BCUT2D eigenvalue weighted by molar-refractivity contribution is 0.0891. The minimum atomic E-state index is 0.334. The number of rotatable bonds is 5. The van der Waals surface area contributed by atoms with Gasteiger partial charge in [0, 0.05) is 32.4 Å². The van der Waals surface area contributed by atoms with Crippen LogP contribution in [0.25, 0.3) is 0 Å². The Morgan fingerprint density at radius 2 is 2.25 bits per heavy atom. The van der Waals surface area contributed by atoms with Crippen LogP contribution in [0.15, 0.2) is 12.1 Å². The van der Waals surface area contributed by atoms with Gasteiger partial charge in [-0.2, -0.15) is 0 Å². The summed E-state index contributed by atoms with van der Waals surface area (Å²) in [5, 5.41) is 3.23. The molecule has 4 heteroatoms. The summed E-state index contributed by atoms with van der Waals surface area (Å²) in [6.45, 7) is 7.31. The van der Waals surface area contributed by atoms with E-state index in [-0.39, 0.29) is 0 Å². The van der Waals surface area contributed by atoms with Crippen LogP contribution in [0, 0.1) is 0 Å². The van der Waals surface area contributed by atoms with Gasteiger partial charge in [0.1, 0.15) is 5.82 Å². The molecule has 0 saturated carbocycles. The third-order valence-corrected chi connectivity index (χ3v) is 3.90. The van der Waals surface area contributed by atoms with E-state index in [9.17, 15) is 0 Å². The van der Waals surface area contributed by atoms with Crippen LogP contribution in [0.4, 0.5) is 5.82 Å². The molecule has 1 aliphatic heterocycles. The zero-order valence-corrected chi connectivity index (χ0v) is 13.1. The first-order chi connectivity index (χ1) is 9.63. The molecule has 112 valence electrons. The lowest BCUT2D eigenvalue weighted by atomic mass is 10.1. The highest BCUT2D eigenvalue weighted by Gasteiger charge is 2.21. The second-order valence-electron chi connectivity index (χ2n) is 5.89. The van der Waals surface area contributed by atoms with Gasteiger partial charge in [0.25, 0.3) is 0 Å². The zero-order chi connectivity index (χ0) is 14.5. The number of nitrogens with zero attached hydrogens (tertiary/aromatic N) is 2. The van der Waals surface area contributed by atoms with E-state index < -0.39 is 0 Å². The fraction of sp³-hybridized carbons (Fsp3) is 0.688. The van der Waals surface area contributed by atoms with Crippen LogP contribution >= 0.6 is 0 Å². The van der Waals surface area contributed by atoms with Crippen molar-refractivity contribution in [2.75, 3.05) is 32.1 Å². The van der Waals surface area contributed by atoms with Crippen LogP contribution in [-0.4, -0.2) is 38.3 Å². The van der Waals surface area contributed by atoms with Crippen molar-refractivity contribution < 1.29 is 4.74 Å². The Morgan fingerprint density at radius 1 is 1.45 bits per heavy atom. The largest absolute Gasteiger partial charge is 0.380 e. The number of anilines is 1. The molecule has 1 atom stereocenters. The average Bonchev–Trinajstić information content (AvgIpc) is 2.47. The summed E-state index contributed by atoms with van der Waals surface area (Å²) in [5.74, 6) is 1.55. The van der Waals surface area contributed by atoms with Gasteiger partial charge in [0.15, 0.2) is 0 Å². The van der Waals surface area contributed by atoms with Crippen molar-refractivity contribution in [2.45, 2.75) is 45.3 Å². The maximum Gasteiger partial charge on any atom is 0.129 e. The molecule has 2 heterocycles. The zero-order valence-electron chi connectivity index (χ0n) is 13.1. The van der Waals surface area contributed by atoms with Gasteiger partial charge in [-0.15, -0.1) is 0 Å². The number of aromatic nitrogens is 1. The van der Waals surface area contributed by atoms with E-state index in [2.05, 4.69) is 36.2 Å². The second-order valence-corrected chi connectivity index (χ2v) is 5.89. The van der Waals surface area contributed by atoms with E-state index >= 15 is 0 Å². The molecule has 1 aliphatic rings. The Bertz CT molecular complexity index is 434. The molecule has 1 fully saturated rings. The maximum atomic E-state index is 5.52. The van der Waals surface area contributed by atoms with Crippen LogP contribution in [0.2, 0.25) is 0 Å². The summed E-state index contributed by atoms with van der Waals surface area (Å²) < 4.78 is 5.52. The molecule has 20 heavy (non-hydrogen) atoms. The van der Waals surface area contributed by atoms with Crippen molar-refractivity contribution in [2.24, 2.45) is 0 Å². The van der Waals surface area contributed by atoms with E-state index in [0.29, 0.717) is 12.0 Å². The fourth-order valence-corrected chi connectivity index (χ4v) is 2.70. The standard InChI is InChI=1S/C16H27N3O/c1-12(2)15-8-13(10-17-3)9-16(18-15)19-7-5-6-14(11-19)20-4/h8-9,12,14,17H,5-7,10-11H2,1-4H3.